The fourth-order valence-corrected chi connectivity index (χ4v) is 2.55. The van der Waals surface area contributed by atoms with Crippen LogP contribution in [0.1, 0.15) is 0 Å². The summed E-state index contributed by atoms with van der Waals surface area (Å²) in [6, 6.07) is 16.9. The third-order valence-corrected chi connectivity index (χ3v) is 3.68. The Morgan fingerprint density at radius 2 is 1.74 bits per heavy atom. The van der Waals surface area contributed by atoms with Crippen LogP contribution in [-0.4, -0.2) is 19.7 Å². The SMILES string of the molecule is Oc1ccccc1-c1ccnc2cc(-c3ccc(F)cc3)nn12. The smallest absolute Gasteiger partial charge is 0.156 e. The van der Waals surface area contributed by atoms with E-state index in [0.29, 0.717) is 16.9 Å². The number of halogens is 1. The van der Waals surface area contributed by atoms with Crippen molar-refractivity contribution in [1.29, 1.82) is 0 Å². The molecule has 4 nitrogen and oxygen atoms in total. The first-order chi connectivity index (χ1) is 11.2. The largest absolute Gasteiger partial charge is 0.507 e. The summed E-state index contributed by atoms with van der Waals surface area (Å²) in [7, 11) is 0. The summed E-state index contributed by atoms with van der Waals surface area (Å²) in [6.07, 6.45) is 1.67. The summed E-state index contributed by atoms with van der Waals surface area (Å²) in [5.74, 6) is -0.107. The zero-order valence-corrected chi connectivity index (χ0v) is 12.0. The number of phenolic OH excluding ortho intramolecular Hbond substituents is 1. The van der Waals surface area contributed by atoms with Crippen molar-refractivity contribution in [2.75, 3.05) is 0 Å². The molecule has 4 rings (SSSR count). The van der Waals surface area contributed by atoms with E-state index >= 15 is 0 Å². The Kier molecular flexibility index (Phi) is 3.05. The molecule has 0 aliphatic heterocycles. The number of hydrogen-bond donors (Lipinski definition) is 1. The van der Waals surface area contributed by atoms with Gasteiger partial charge in [0.1, 0.15) is 11.6 Å². The third-order valence-electron chi connectivity index (χ3n) is 3.68. The third kappa shape index (κ3) is 2.32. The highest BCUT2D eigenvalue weighted by Gasteiger charge is 2.12. The number of fused-ring (bicyclic) bond motifs is 1. The molecule has 0 bridgehead atoms. The van der Waals surface area contributed by atoms with E-state index in [1.54, 1.807) is 41.0 Å². The molecule has 0 saturated carbocycles. The number of hydrogen-bond acceptors (Lipinski definition) is 3. The molecule has 0 aliphatic carbocycles. The normalized spacial score (nSPS) is 11.0. The van der Waals surface area contributed by atoms with Gasteiger partial charge in [-0.25, -0.2) is 13.9 Å². The molecular weight excluding hydrogens is 293 g/mol. The van der Waals surface area contributed by atoms with Gasteiger partial charge in [-0.1, -0.05) is 12.1 Å². The Balaban J connectivity index is 1.91. The van der Waals surface area contributed by atoms with Crippen LogP contribution in [0.3, 0.4) is 0 Å². The average molecular weight is 305 g/mol. The van der Waals surface area contributed by atoms with E-state index in [-0.39, 0.29) is 11.6 Å². The summed E-state index contributed by atoms with van der Waals surface area (Å²) in [5, 5.41) is 14.6. The molecular formula is C18H12FN3O. The number of para-hydroxylation sites is 1. The van der Waals surface area contributed by atoms with Gasteiger partial charge in [0.15, 0.2) is 5.65 Å². The van der Waals surface area contributed by atoms with E-state index in [1.165, 1.54) is 12.1 Å². The van der Waals surface area contributed by atoms with Gasteiger partial charge in [0.05, 0.1) is 11.4 Å². The van der Waals surface area contributed by atoms with Crippen LogP contribution in [0.25, 0.3) is 28.2 Å². The highest BCUT2D eigenvalue weighted by molar-refractivity contribution is 5.71. The van der Waals surface area contributed by atoms with Gasteiger partial charge in [0.2, 0.25) is 0 Å². The molecule has 0 radical (unpaired) electrons. The molecule has 2 aromatic heterocycles. The lowest BCUT2D eigenvalue weighted by atomic mass is 10.1. The summed E-state index contributed by atoms with van der Waals surface area (Å²) in [5.41, 5.74) is 3.57. The number of phenols is 1. The van der Waals surface area contributed by atoms with Crippen molar-refractivity contribution in [2.45, 2.75) is 0 Å². The molecule has 2 heterocycles. The van der Waals surface area contributed by atoms with Crippen molar-refractivity contribution in [3.05, 3.63) is 72.7 Å². The zero-order valence-electron chi connectivity index (χ0n) is 12.0. The summed E-state index contributed by atoms with van der Waals surface area (Å²) in [6.45, 7) is 0. The second-order valence-corrected chi connectivity index (χ2v) is 5.15. The first-order valence-corrected chi connectivity index (χ1v) is 7.11. The first-order valence-electron chi connectivity index (χ1n) is 7.11. The van der Waals surface area contributed by atoms with Crippen LogP contribution in [0.2, 0.25) is 0 Å². The molecule has 112 valence electrons. The van der Waals surface area contributed by atoms with Crippen LogP contribution < -0.4 is 0 Å². The second-order valence-electron chi connectivity index (χ2n) is 5.15. The van der Waals surface area contributed by atoms with Crippen molar-refractivity contribution in [2.24, 2.45) is 0 Å². The van der Waals surface area contributed by atoms with Crippen molar-refractivity contribution < 1.29 is 9.50 Å². The fraction of sp³-hybridized carbons (Fsp3) is 0. The van der Waals surface area contributed by atoms with Gasteiger partial charge in [0.25, 0.3) is 0 Å². The van der Waals surface area contributed by atoms with E-state index in [1.807, 2.05) is 18.2 Å². The molecule has 4 aromatic rings. The van der Waals surface area contributed by atoms with Crippen LogP contribution in [0.5, 0.6) is 5.75 Å². The van der Waals surface area contributed by atoms with E-state index in [9.17, 15) is 9.50 Å². The number of nitrogens with zero attached hydrogens (tertiary/aromatic N) is 3. The summed E-state index contributed by atoms with van der Waals surface area (Å²) < 4.78 is 14.7. The molecule has 1 N–H and O–H groups in total. The van der Waals surface area contributed by atoms with E-state index in [0.717, 1.165) is 11.3 Å². The lowest BCUT2D eigenvalue weighted by Gasteiger charge is -2.06. The maximum Gasteiger partial charge on any atom is 0.156 e. The molecule has 2 aromatic carbocycles. The predicted molar refractivity (Wildman–Crippen MR) is 85.5 cm³/mol. The average Bonchev–Trinajstić information content (AvgIpc) is 3.00. The van der Waals surface area contributed by atoms with Gasteiger partial charge >= 0.3 is 0 Å². The van der Waals surface area contributed by atoms with Gasteiger partial charge in [-0.2, -0.15) is 5.10 Å². The zero-order chi connectivity index (χ0) is 15.8. The molecule has 0 spiro atoms. The van der Waals surface area contributed by atoms with Crippen molar-refractivity contribution in [3.63, 3.8) is 0 Å². The molecule has 23 heavy (non-hydrogen) atoms. The summed E-state index contributed by atoms with van der Waals surface area (Å²) in [4.78, 5) is 4.31. The Labute approximate surface area is 131 Å². The number of aromatic hydroxyl groups is 1. The quantitative estimate of drug-likeness (QED) is 0.611. The molecule has 0 saturated heterocycles. The number of rotatable bonds is 2. The fourth-order valence-electron chi connectivity index (χ4n) is 2.55. The van der Waals surface area contributed by atoms with E-state index in [2.05, 4.69) is 10.1 Å². The van der Waals surface area contributed by atoms with Crippen molar-refractivity contribution in [3.8, 4) is 28.3 Å². The molecule has 5 heteroatoms. The standard InChI is InChI=1S/C18H12FN3O/c19-13-7-5-12(6-8-13)15-11-18-20-10-9-16(22(18)21-15)14-3-1-2-4-17(14)23/h1-11,23H. The summed E-state index contributed by atoms with van der Waals surface area (Å²) >= 11 is 0. The van der Waals surface area contributed by atoms with Crippen LogP contribution in [0.15, 0.2) is 66.9 Å². The van der Waals surface area contributed by atoms with Crippen LogP contribution in [-0.2, 0) is 0 Å². The second kappa shape index (κ2) is 5.21. The minimum Gasteiger partial charge on any atom is -0.507 e. The van der Waals surface area contributed by atoms with E-state index < -0.39 is 0 Å². The monoisotopic (exact) mass is 305 g/mol. The van der Waals surface area contributed by atoms with Crippen molar-refractivity contribution >= 4 is 5.65 Å². The lowest BCUT2D eigenvalue weighted by molar-refractivity contribution is 0.477. The van der Waals surface area contributed by atoms with Gasteiger partial charge in [-0.3, -0.25) is 0 Å². The minimum absolute atomic E-state index is 0.179. The van der Waals surface area contributed by atoms with Crippen molar-refractivity contribution in [1.82, 2.24) is 14.6 Å². The Hall–Kier alpha value is -3.21. The Morgan fingerprint density at radius 1 is 0.957 bits per heavy atom. The maximum absolute atomic E-state index is 13.1. The first kappa shape index (κ1) is 13.5. The van der Waals surface area contributed by atoms with Crippen LogP contribution in [0, 0.1) is 5.82 Å². The lowest BCUT2D eigenvalue weighted by Crippen LogP contribution is -1.95. The Morgan fingerprint density at radius 3 is 2.52 bits per heavy atom. The molecule has 0 fully saturated rings. The highest BCUT2D eigenvalue weighted by atomic mass is 19.1. The maximum atomic E-state index is 13.1. The van der Waals surface area contributed by atoms with E-state index in [4.69, 9.17) is 0 Å². The van der Waals surface area contributed by atoms with Gasteiger partial charge in [0, 0.05) is 23.4 Å². The van der Waals surface area contributed by atoms with Gasteiger partial charge in [-0.15, -0.1) is 0 Å². The highest BCUT2D eigenvalue weighted by Crippen LogP contribution is 2.29. The van der Waals surface area contributed by atoms with Crippen LogP contribution >= 0.6 is 0 Å². The van der Waals surface area contributed by atoms with Gasteiger partial charge < -0.3 is 5.11 Å². The van der Waals surface area contributed by atoms with Gasteiger partial charge in [-0.05, 0) is 42.5 Å². The topological polar surface area (TPSA) is 50.4 Å². The Bertz CT molecular complexity index is 993. The van der Waals surface area contributed by atoms with Crippen LogP contribution in [0.4, 0.5) is 4.39 Å². The molecule has 0 amide bonds. The molecule has 0 atom stereocenters. The predicted octanol–water partition coefficient (Wildman–Crippen LogP) is 3.91. The molecule has 0 aliphatic rings. The number of benzene rings is 2. The molecule has 0 unspecified atom stereocenters. The number of aromatic nitrogens is 3. The minimum atomic E-state index is -0.287.